The van der Waals surface area contributed by atoms with Gasteiger partial charge in [-0.05, 0) is 41.6 Å². The van der Waals surface area contributed by atoms with Crippen molar-refractivity contribution in [3.8, 4) is 0 Å². The summed E-state index contributed by atoms with van der Waals surface area (Å²) in [6.07, 6.45) is 3.93. The van der Waals surface area contributed by atoms with Crippen LogP contribution in [0.1, 0.15) is 13.8 Å². The molecule has 80 valence electrons. The summed E-state index contributed by atoms with van der Waals surface area (Å²) in [5.41, 5.74) is 0.976. The van der Waals surface area contributed by atoms with E-state index in [9.17, 15) is 4.79 Å². The molecule has 1 aromatic carbocycles. The van der Waals surface area contributed by atoms with Crippen molar-refractivity contribution in [1.82, 2.24) is 0 Å². The van der Waals surface area contributed by atoms with E-state index in [2.05, 4.69) is 22.6 Å². The van der Waals surface area contributed by atoms with Gasteiger partial charge in [0.2, 0.25) is 5.91 Å². The molecular weight excluding hydrogens is 301 g/mol. The van der Waals surface area contributed by atoms with Crippen LogP contribution in [0.4, 0.5) is 5.69 Å². The number of amides is 1. The third kappa shape index (κ3) is 3.34. The molecule has 0 atom stereocenters. The zero-order valence-corrected chi connectivity index (χ0v) is 11.1. The quantitative estimate of drug-likeness (QED) is 0.619. The van der Waals surface area contributed by atoms with Crippen LogP contribution in [-0.2, 0) is 4.79 Å². The van der Waals surface area contributed by atoms with Gasteiger partial charge >= 0.3 is 0 Å². The molecule has 0 unspecified atom stereocenters. The van der Waals surface area contributed by atoms with Crippen molar-refractivity contribution >= 4 is 34.2 Å². The molecule has 0 fully saturated rings. The number of hydrogen-bond donors (Lipinski definition) is 0. The molecule has 1 amide bonds. The lowest BCUT2D eigenvalue weighted by Crippen LogP contribution is -2.29. The fraction of sp³-hybridized carbons (Fsp3) is 0.250. The summed E-state index contributed by atoms with van der Waals surface area (Å²) in [5.74, 6) is 0.0669. The van der Waals surface area contributed by atoms with Crippen molar-refractivity contribution in [1.29, 1.82) is 0 Å². The Balaban J connectivity index is 2.99. The minimum Gasteiger partial charge on any atom is -0.308 e. The van der Waals surface area contributed by atoms with Crippen LogP contribution >= 0.6 is 22.6 Å². The van der Waals surface area contributed by atoms with E-state index in [1.807, 2.05) is 43.3 Å². The molecule has 0 heterocycles. The van der Waals surface area contributed by atoms with E-state index in [1.54, 1.807) is 11.8 Å². The van der Waals surface area contributed by atoms with Gasteiger partial charge in [-0.1, -0.05) is 24.3 Å². The average Bonchev–Trinajstić information content (AvgIpc) is 2.20. The summed E-state index contributed by atoms with van der Waals surface area (Å²) >= 11 is 2.24. The molecule has 3 heteroatoms. The van der Waals surface area contributed by atoms with Crippen LogP contribution < -0.4 is 4.90 Å². The van der Waals surface area contributed by atoms with Crippen LogP contribution in [0, 0.1) is 3.57 Å². The Morgan fingerprint density at radius 2 is 2.13 bits per heavy atom. The fourth-order valence-corrected chi connectivity index (χ4v) is 1.96. The lowest BCUT2D eigenvalue weighted by molar-refractivity contribution is -0.116. The molecule has 0 spiro atoms. The minimum absolute atomic E-state index is 0.0669. The third-order valence-corrected chi connectivity index (χ3v) is 2.96. The van der Waals surface area contributed by atoms with Gasteiger partial charge in [-0.25, -0.2) is 0 Å². The van der Waals surface area contributed by atoms with Crippen LogP contribution in [0.15, 0.2) is 36.4 Å². The molecule has 0 aliphatic carbocycles. The van der Waals surface area contributed by atoms with E-state index in [0.29, 0.717) is 6.54 Å². The van der Waals surface area contributed by atoms with Crippen molar-refractivity contribution in [2.45, 2.75) is 13.8 Å². The molecule has 0 aliphatic heterocycles. The summed E-state index contributed by atoms with van der Waals surface area (Å²) in [7, 11) is 0. The van der Waals surface area contributed by atoms with Crippen molar-refractivity contribution in [3.63, 3.8) is 0 Å². The van der Waals surface area contributed by atoms with E-state index in [0.717, 1.165) is 9.26 Å². The van der Waals surface area contributed by atoms with Gasteiger partial charge in [-0.3, -0.25) is 4.79 Å². The van der Waals surface area contributed by atoms with E-state index >= 15 is 0 Å². The van der Waals surface area contributed by atoms with Crippen LogP contribution in [0.3, 0.4) is 0 Å². The second-order valence-electron chi connectivity index (χ2n) is 3.15. The Kier molecular flexibility index (Phi) is 4.81. The SMILES string of the molecule is CC=CCN(C(C)=O)c1ccccc1I. The van der Waals surface area contributed by atoms with Gasteiger partial charge in [-0.2, -0.15) is 0 Å². The molecule has 0 aromatic heterocycles. The van der Waals surface area contributed by atoms with E-state index in [4.69, 9.17) is 0 Å². The van der Waals surface area contributed by atoms with Gasteiger partial charge in [0.05, 0.1) is 5.69 Å². The number of benzene rings is 1. The first-order valence-corrected chi connectivity index (χ1v) is 5.88. The summed E-state index contributed by atoms with van der Waals surface area (Å²) in [5, 5.41) is 0. The molecule has 0 aliphatic rings. The second kappa shape index (κ2) is 5.90. The number of para-hydroxylation sites is 1. The van der Waals surface area contributed by atoms with Gasteiger partial charge < -0.3 is 4.90 Å². The number of rotatable bonds is 3. The number of nitrogens with zero attached hydrogens (tertiary/aromatic N) is 1. The van der Waals surface area contributed by atoms with Crippen molar-refractivity contribution in [2.24, 2.45) is 0 Å². The highest BCUT2D eigenvalue weighted by Gasteiger charge is 2.11. The van der Waals surface area contributed by atoms with Gasteiger partial charge in [-0.15, -0.1) is 0 Å². The lowest BCUT2D eigenvalue weighted by atomic mass is 10.3. The average molecular weight is 315 g/mol. The summed E-state index contributed by atoms with van der Waals surface area (Å²) < 4.78 is 1.09. The molecule has 0 saturated carbocycles. The Hall–Kier alpha value is -0.840. The maximum Gasteiger partial charge on any atom is 0.224 e. The largest absolute Gasteiger partial charge is 0.308 e. The molecule has 1 aromatic rings. The van der Waals surface area contributed by atoms with Crippen molar-refractivity contribution < 1.29 is 4.79 Å². The maximum atomic E-state index is 11.5. The van der Waals surface area contributed by atoms with E-state index < -0.39 is 0 Å². The van der Waals surface area contributed by atoms with E-state index in [1.165, 1.54) is 0 Å². The normalized spacial score (nSPS) is 10.6. The molecule has 0 radical (unpaired) electrons. The van der Waals surface area contributed by atoms with E-state index in [-0.39, 0.29) is 5.91 Å². The zero-order chi connectivity index (χ0) is 11.3. The molecule has 0 saturated heterocycles. The lowest BCUT2D eigenvalue weighted by Gasteiger charge is -2.20. The molecule has 2 nitrogen and oxygen atoms in total. The predicted molar refractivity (Wildman–Crippen MR) is 72.0 cm³/mol. The van der Waals surface area contributed by atoms with Crippen molar-refractivity contribution in [2.75, 3.05) is 11.4 Å². The number of halogens is 1. The molecule has 1 rings (SSSR count). The summed E-state index contributed by atoms with van der Waals surface area (Å²) in [6.45, 7) is 4.17. The maximum absolute atomic E-state index is 11.5. The first-order chi connectivity index (χ1) is 7.16. The van der Waals surface area contributed by atoms with Crippen LogP contribution in [0.2, 0.25) is 0 Å². The number of allylic oxidation sites excluding steroid dienone is 1. The fourth-order valence-electron chi connectivity index (χ4n) is 1.28. The standard InChI is InChI=1S/C12H14INO/c1-3-4-9-14(10(2)15)12-8-6-5-7-11(12)13/h3-8H,9H2,1-2H3. The van der Waals surface area contributed by atoms with Gasteiger partial charge in [0, 0.05) is 17.0 Å². The van der Waals surface area contributed by atoms with Gasteiger partial charge in [0.25, 0.3) is 0 Å². The second-order valence-corrected chi connectivity index (χ2v) is 4.31. The first kappa shape index (κ1) is 12.2. The highest BCUT2D eigenvalue weighted by atomic mass is 127. The third-order valence-electron chi connectivity index (χ3n) is 2.05. The Bertz CT molecular complexity index is 374. The number of hydrogen-bond acceptors (Lipinski definition) is 1. The monoisotopic (exact) mass is 315 g/mol. The highest BCUT2D eigenvalue weighted by Crippen LogP contribution is 2.22. The van der Waals surface area contributed by atoms with Gasteiger partial charge in [0.1, 0.15) is 0 Å². The molecular formula is C12H14INO. The first-order valence-electron chi connectivity index (χ1n) is 4.80. The highest BCUT2D eigenvalue weighted by molar-refractivity contribution is 14.1. The van der Waals surface area contributed by atoms with Crippen LogP contribution in [-0.4, -0.2) is 12.5 Å². The Labute approximate surface area is 104 Å². The zero-order valence-electron chi connectivity index (χ0n) is 8.90. The Morgan fingerprint density at radius 3 is 2.67 bits per heavy atom. The summed E-state index contributed by atoms with van der Waals surface area (Å²) in [4.78, 5) is 13.3. The number of carbonyl (C=O) groups excluding carboxylic acids is 1. The predicted octanol–water partition coefficient (Wildman–Crippen LogP) is 3.22. The van der Waals surface area contributed by atoms with Crippen LogP contribution in [0.25, 0.3) is 0 Å². The Morgan fingerprint density at radius 1 is 1.47 bits per heavy atom. The molecule has 0 N–H and O–H groups in total. The number of carbonyl (C=O) groups is 1. The minimum atomic E-state index is 0.0669. The van der Waals surface area contributed by atoms with Crippen molar-refractivity contribution in [3.05, 3.63) is 40.0 Å². The number of anilines is 1. The van der Waals surface area contributed by atoms with Gasteiger partial charge in [0.15, 0.2) is 0 Å². The smallest absolute Gasteiger partial charge is 0.224 e. The summed E-state index contributed by atoms with van der Waals surface area (Å²) in [6, 6.07) is 7.89. The molecule has 0 bridgehead atoms. The van der Waals surface area contributed by atoms with Crippen LogP contribution in [0.5, 0.6) is 0 Å². The topological polar surface area (TPSA) is 20.3 Å². The molecule has 15 heavy (non-hydrogen) atoms.